The Bertz CT molecular complexity index is 777. The average molecular weight is 366 g/mol. The van der Waals surface area contributed by atoms with Gasteiger partial charge < -0.3 is 9.47 Å². The quantitative estimate of drug-likeness (QED) is 0.501. The summed E-state index contributed by atoms with van der Waals surface area (Å²) in [7, 11) is 0. The molecule has 27 heavy (non-hydrogen) atoms. The highest BCUT2D eigenvalue weighted by molar-refractivity contribution is 5.70. The number of benzene rings is 2. The molecule has 2 aromatic carbocycles. The summed E-state index contributed by atoms with van der Waals surface area (Å²) in [6.07, 6.45) is 3.39. The molecule has 0 saturated carbocycles. The van der Waals surface area contributed by atoms with E-state index in [1.807, 2.05) is 54.6 Å². The van der Waals surface area contributed by atoms with Crippen LogP contribution in [0.1, 0.15) is 43.9 Å². The minimum Gasteiger partial charge on any atom is -0.421 e. The van der Waals surface area contributed by atoms with Crippen molar-refractivity contribution in [1.82, 2.24) is 0 Å². The molecule has 0 bridgehead atoms. The van der Waals surface area contributed by atoms with Crippen LogP contribution in [0.2, 0.25) is 0 Å². The first-order chi connectivity index (χ1) is 13.0. The van der Waals surface area contributed by atoms with Crippen LogP contribution < -0.4 is 0 Å². The number of rotatable bonds is 8. The normalized spacial score (nSPS) is 11.3. The number of esters is 2. The van der Waals surface area contributed by atoms with Gasteiger partial charge in [-0.05, 0) is 29.2 Å². The highest BCUT2D eigenvalue weighted by Crippen LogP contribution is 2.22. The van der Waals surface area contributed by atoms with Crippen molar-refractivity contribution in [2.75, 3.05) is 0 Å². The van der Waals surface area contributed by atoms with Crippen LogP contribution in [-0.2, 0) is 31.9 Å². The van der Waals surface area contributed by atoms with Crippen molar-refractivity contribution in [2.24, 2.45) is 0 Å². The van der Waals surface area contributed by atoms with Crippen molar-refractivity contribution in [3.8, 4) is 0 Å². The van der Waals surface area contributed by atoms with Crippen LogP contribution >= 0.6 is 0 Å². The Hall–Kier alpha value is -2.88. The summed E-state index contributed by atoms with van der Waals surface area (Å²) in [5.74, 6) is -0.996. The lowest BCUT2D eigenvalue weighted by Gasteiger charge is -2.21. The minimum absolute atomic E-state index is 0.498. The highest BCUT2D eigenvalue weighted by atomic mass is 16.7. The first-order valence-corrected chi connectivity index (χ1v) is 9.16. The van der Waals surface area contributed by atoms with Gasteiger partial charge in [0.2, 0.25) is 0 Å². The second-order valence-corrected chi connectivity index (χ2v) is 6.38. The van der Waals surface area contributed by atoms with Gasteiger partial charge in [0.05, 0.1) is 0 Å². The summed E-state index contributed by atoms with van der Waals surface area (Å²) in [6, 6.07) is 17.9. The maximum Gasteiger partial charge on any atom is 0.305 e. The molecule has 0 N–H and O–H groups in total. The summed E-state index contributed by atoms with van der Waals surface area (Å²) in [5.41, 5.74) is 4.00. The lowest BCUT2D eigenvalue weighted by molar-refractivity contribution is -0.178. The molecule has 0 fully saturated rings. The van der Waals surface area contributed by atoms with Gasteiger partial charge in [0.1, 0.15) is 0 Å². The number of ether oxygens (including phenoxy) is 2. The van der Waals surface area contributed by atoms with Crippen LogP contribution in [0.15, 0.2) is 60.2 Å². The zero-order chi connectivity index (χ0) is 19.6. The standard InChI is InChI=1S/C23H26O4/c1-4-10-20-13-8-9-14-21(20)16-22(15-19-11-6-5-7-12-19)23(26-17(2)24)27-18(3)25/h5-9,11-14,16,23H,4,10,15H2,1-3H3/b22-16+. The van der Waals surface area contributed by atoms with Crippen LogP contribution in [-0.4, -0.2) is 18.2 Å². The van der Waals surface area contributed by atoms with Gasteiger partial charge in [-0.2, -0.15) is 0 Å². The molecule has 0 heterocycles. The van der Waals surface area contributed by atoms with Gasteiger partial charge in [0, 0.05) is 25.8 Å². The Morgan fingerprint density at radius 1 is 0.926 bits per heavy atom. The van der Waals surface area contributed by atoms with Crippen molar-refractivity contribution in [3.63, 3.8) is 0 Å². The van der Waals surface area contributed by atoms with Gasteiger partial charge in [-0.1, -0.05) is 67.9 Å². The molecule has 0 saturated heterocycles. The molecule has 142 valence electrons. The topological polar surface area (TPSA) is 52.6 Å². The number of aryl methyl sites for hydroxylation is 1. The SMILES string of the molecule is CCCc1ccccc1/C=C(\Cc1ccccc1)C(OC(C)=O)OC(C)=O. The molecular weight excluding hydrogens is 340 g/mol. The fourth-order valence-electron chi connectivity index (χ4n) is 2.88. The molecule has 0 radical (unpaired) electrons. The molecule has 0 amide bonds. The molecule has 0 aliphatic heterocycles. The summed E-state index contributed by atoms with van der Waals surface area (Å²) >= 11 is 0. The predicted molar refractivity (Wildman–Crippen MR) is 106 cm³/mol. The maximum absolute atomic E-state index is 11.6. The molecule has 2 aromatic rings. The van der Waals surface area contributed by atoms with E-state index >= 15 is 0 Å². The van der Waals surface area contributed by atoms with Crippen LogP contribution in [0.4, 0.5) is 0 Å². The number of hydrogen-bond donors (Lipinski definition) is 0. The van der Waals surface area contributed by atoms with E-state index in [0.29, 0.717) is 6.42 Å². The Kier molecular flexibility index (Phi) is 7.80. The van der Waals surface area contributed by atoms with E-state index in [-0.39, 0.29) is 0 Å². The van der Waals surface area contributed by atoms with Gasteiger partial charge in [-0.3, -0.25) is 9.59 Å². The van der Waals surface area contributed by atoms with E-state index < -0.39 is 18.2 Å². The van der Waals surface area contributed by atoms with Crippen LogP contribution in [0.5, 0.6) is 0 Å². The molecule has 0 aliphatic rings. The van der Waals surface area contributed by atoms with Crippen molar-refractivity contribution in [3.05, 3.63) is 76.9 Å². The average Bonchev–Trinajstić information content (AvgIpc) is 2.62. The third kappa shape index (κ3) is 6.74. The molecular formula is C23H26O4. The van der Waals surface area contributed by atoms with Crippen molar-refractivity contribution in [2.45, 2.75) is 46.3 Å². The fraction of sp³-hybridized carbons (Fsp3) is 0.304. The first-order valence-electron chi connectivity index (χ1n) is 9.16. The van der Waals surface area contributed by atoms with E-state index in [9.17, 15) is 9.59 Å². The zero-order valence-electron chi connectivity index (χ0n) is 16.1. The lowest BCUT2D eigenvalue weighted by atomic mass is 9.97. The molecule has 2 rings (SSSR count). The van der Waals surface area contributed by atoms with Crippen LogP contribution in [0.25, 0.3) is 6.08 Å². The zero-order valence-corrected chi connectivity index (χ0v) is 16.1. The van der Waals surface area contributed by atoms with Gasteiger partial charge in [-0.15, -0.1) is 0 Å². The molecule has 0 atom stereocenters. The Morgan fingerprint density at radius 2 is 1.52 bits per heavy atom. The summed E-state index contributed by atoms with van der Waals surface area (Å²) < 4.78 is 10.6. The van der Waals surface area contributed by atoms with Gasteiger partial charge >= 0.3 is 11.9 Å². The van der Waals surface area contributed by atoms with Crippen LogP contribution in [0.3, 0.4) is 0 Å². The predicted octanol–water partition coefficient (Wildman–Crippen LogP) is 4.72. The Balaban J connectivity index is 2.47. The molecule has 0 unspecified atom stereocenters. The van der Waals surface area contributed by atoms with E-state index in [1.165, 1.54) is 19.4 Å². The second kappa shape index (κ2) is 10.3. The highest BCUT2D eigenvalue weighted by Gasteiger charge is 2.21. The van der Waals surface area contributed by atoms with Crippen LogP contribution in [0, 0.1) is 0 Å². The largest absolute Gasteiger partial charge is 0.421 e. The van der Waals surface area contributed by atoms with Gasteiger partial charge in [0.15, 0.2) is 0 Å². The van der Waals surface area contributed by atoms with Crippen molar-refractivity contribution in [1.29, 1.82) is 0 Å². The summed E-state index contributed by atoms with van der Waals surface area (Å²) in [4.78, 5) is 23.1. The van der Waals surface area contributed by atoms with Crippen molar-refractivity contribution >= 4 is 18.0 Å². The van der Waals surface area contributed by atoms with E-state index in [1.54, 1.807) is 0 Å². The number of carbonyl (C=O) groups excluding carboxylic acids is 2. The smallest absolute Gasteiger partial charge is 0.305 e. The molecule has 4 nitrogen and oxygen atoms in total. The third-order valence-corrected chi connectivity index (χ3v) is 4.02. The maximum atomic E-state index is 11.6. The number of hydrogen-bond acceptors (Lipinski definition) is 4. The molecule has 4 heteroatoms. The van der Waals surface area contributed by atoms with E-state index in [0.717, 1.165) is 29.5 Å². The van der Waals surface area contributed by atoms with Gasteiger partial charge in [-0.25, -0.2) is 0 Å². The van der Waals surface area contributed by atoms with Crippen molar-refractivity contribution < 1.29 is 19.1 Å². The lowest BCUT2D eigenvalue weighted by Crippen LogP contribution is -2.25. The molecule has 0 spiro atoms. The van der Waals surface area contributed by atoms with E-state index in [4.69, 9.17) is 9.47 Å². The monoisotopic (exact) mass is 366 g/mol. The molecule has 0 aliphatic carbocycles. The Labute approximate surface area is 160 Å². The summed E-state index contributed by atoms with van der Waals surface area (Å²) in [5, 5.41) is 0. The first kappa shape index (κ1) is 20.4. The minimum atomic E-state index is -1.05. The third-order valence-electron chi connectivity index (χ3n) is 4.02. The Morgan fingerprint density at radius 3 is 2.11 bits per heavy atom. The second-order valence-electron chi connectivity index (χ2n) is 6.38. The number of carbonyl (C=O) groups is 2. The molecule has 0 aromatic heterocycles. The van der Waals surface area contributed by atoms with E-state index in [2.05, 4.69) is 13.0 Å². The summed E-state index contributed by atoms with van der Waals surface area (Å²) in [6.45, 7) is 4.75. The van der Waals surface area contributed by atoms with Gasteiger partial charge in [0.25, 0.3) is 6.29 Å². The fourth-order valence-corrected chi connectivity index (χ4v) is 2.88.